The Bertz CT molecular complexity index is 647. The monoisotopic (exact) mass is 311 g/mol. The van der Waals surface area contributed by atoms with Crippen LogP contribution in [0.5, 0.6) is 5.75 Å². The van der Waals surface area contributed by atoms with Gasteiger partial charge in [-0.25, -0.2) is 0 Å². The van der Waals surface area contributed by atoms with Crippen LogP contribution in [0.1, 0.15) is 40.4 Å². The van der Waals surface area contributed by atoms with Crippen molar-refractivity contribution in [2.45, 2.75) is 33.6 Å². The number of ether oxygens (including phenoxy) is 1. The summed E-state index contributed by atoms with van der Waals surface area (Å²) in [5.41, 5.74) is 4.33. The molecule has 0 radical (unpaired) electrons. The molecule has 0 aliphatic rings. The number of amides is 1. The molecule has 3 nitrogen and oxygen atoms in total. The molecule has 1 N–H and O–H groups in total. The Morgan fingerprint density at radius 3 is 2.43 bits per heavy atom. The van der Waals surface area contributed by atoms with Crippen LogP contribution in [-0.2, 0) is 6.42 Å². The van der Waals surface area contributed by atoms with Crippen LogP contribution in [0.4, 0.5) is 0 Å². The normalized spacial score (nSPS) is 10.4. The minimum Gasteiger partial charge on any atom is -0.492 e. The van der Waals surface area contributed by atoms with E-state index in [1.807, 2.05) is 44.2 Å². The average molecular weight is 311 g/mol. The Morgan fingerprint density at radius 1 is 1.04 bits per heavy atom. The van der Waals surface area contributed by atoms with Crippen molar-refractivity contribution in [3.05, 3.63) is 64.7 Å². The average Bonchev–Trinajstić information content (AvgIpc) is 2.55. The van der Waals surface area contributed by atoms with Gasteiger partial charge in [-0.3, -0.25) is 4.79 Å². The number of hydrogen-bond acceptors (Lipinski definition) is 2. The number of nitrogens with one attached hydrogen (secondary N) is 1. The maximum Gasteiger partial charge on any atom is 0.251 e. The Balaban J connectivity index is 1.76. The minimum atomic E-state index is -0.0602. The minimum absolute atomic E-state index is 0.0602. The lowest BCUT2D eigenvalue weighted by atomic mass is 10.1. The lowest BCUT2D eigenvalue weighted by Crippen LogP contribution is -2.28. The maximum atomic E-state index is 12.1. The molecule has 2 rings (SSSR count). The fourth-order valence-corrected chi connectivity index (χ4v) is 2.36. The Kier molecular flexibility index (Phi) is 6.21. The van der Waals surface area contributed by atoms with E-state index in [1.165, 1.54) is 11.1 Å². The van der Waals surface area contributed by atoms with Crippen LogP contribution >= 0.6 is 0 Å². The van der Waals surface area contributed by atoms with Crippen molar-refractivity contribution in [2.75, 3.05) is 13.2 Å². The largest absolute Gasteiger partial charge is 0.492 e. The van der Waals surface area contributed by atoms with Gasteiger partial charge in [-0.2, -0.15) is 0 Å². The third-order valence-electron chi connectivity index (χ3n) is 3.89. The third-order valence-corrected chi connectivity index (χ3v) is 3.89. The molecule has 0 aromatic heterocycles. The van der Waals surface area contributed by atoms with E-state index in [4.69, 9.17) is 4.74 Å². The zero-order valence-corrected chi connectivity index (χ0v) is 14.2. The van der Waals surface area contributed by atoms with Gasteiger partial charge in [-0.05, 0) is 61.2 Å². The Labute approximate surface area is 138 Å². The van der Waals surface area contributed by atoms with Crippen molar-refractivity contribution >= 4 is 5.91 Å². The summed E-state index contributed by atoms with van der Waals surface area (Å²) in [6.07, 6.45) is 2.23. The smallest absolute Gasteiger partial charge is 0.251 e. The lowest BCUT2D eigenvalue weighted by molar-refractivity contribution is 0.0947. The van der Waals surface area contributed by atoms with Crippen molar-refractivity contribution in [1.29, 1.82) is 0 Å². The topological polar surface area (TPSA) is 38.3 Å². The molecule has 0 saturated heterocycles. The van der Waals surface area contributed by atoms with E-state index in [1.54, 1.807) is 0 Å². The van der Waals surface area contributed by atoms with Gasteiger partial charge in [0.1, 0.15) is 12.4 Å². The molecule has 0 aliphatic heterocycles. The fraction of sp³-hybridized carbons (Fsp3) is 0.350. The standard InChI is InChI=1S/C20H25NO2/c1-4-5-17-7-10-19(11-8-17)23-13-12-21-20(22)18-9-6-15(2)16(3)14-18/h6-11,14H,4-5,12-13H2,1-3H3,(H,21,22). The van der Waals surface area contributed by atoms with E-state index in [2.05, 4.69) is 24.4 Å². The van der Waals surface area contributed by atoms with Crippen LogP contribution in [0.15, 0.2) is 42.5 Å². The van der Waals surface area contributed by atoms with Gasteiger partial charge in [-0.1, -0.05) is 31.5 Å². The summed E-state index contributed by atoms with van der Waals surface area (Å²) >= 11 is 0. The molecular weight excluding hydrogens is 286 g/mol. The van der Waals surface area contributed by atoms with Crippen molar-refractivity contribution in [2.24, 2.45) is 0 Å². The van der Waals surface area contributed by atoms with E-state index in [0.29, 0.717) is 18.7 Å². The Morgan fingerprint density at radius 2 is 1.78 bits per heavy atom. The first-order valence-corrected chi connectivity index (χ1v) is 8.17. The summed E-state index contributed by atoms with van der Waals surface area (Å²) in [5, 5.41) is 2.88. The molecule has 0 unspecified atom stereocenters. The van der Waals surface area contributed by atoms with Gasteiger partial charge >= 0.3 is 0 Å². The highest BCUT2D eigenvalue weighted by molar-refractivity contribution is 5.94. The van der Waals surface area contributed by atoms with Crippen LogP contribution in [0.2, 0.25) is 0 Å². The van der Waals surface area contributed by atoms with Gasteiger partial charge in [-0.15, -0.1) is 0 Å². The van der Waals surface area contributed by atoms with Gasteiger partial charge in [0.15, 0.2) is 0 Å². The molecule has 0 saturated carbocycles. The molecule has 2 aromatic carbocycles. The molecule has 2 aromatic rings. The highest BCUT2D eigenvalue weighted by atomic mass is 16.5. The third kappa shape index (κ3) is 5.13. The lowest BCUT2D eigenvalue weighted by Gasteiger charge is -2.09. The predicted octanol–water partition coefficient (Wildman–Crippen LogP) is 4.06. The first-order chi connectivity index (χ1) is 11.1. The summed E-state index contributed by atoms with van der Waals surface area (Å²) in [7, 11) is 0. The summed E-state index contributed by atoms with van der Waals surface area (Å²) in [6.45, 7) is 7.17. The zero-order valence-electron chi connectivity index (χ0n) is 14.2. The molecule has 0 aliphatic carbocycles. The molecule has 0 heterocycles. The number of hydrogen-bond donors (Lipinski definition) is 1. The number of aryl methyl sites for hydroxylation is 3. The highest BCUT2D eigenvalue weighted by Gasteiger charge is 2.06. The van der Waals surface area contributed by atoms with Crippen LogP contribution in [0.3, 0.4) is 0 Å². The number of rotatable bonds is 7. The molecular formula is C20H25NO2. The Hall–Kier alpha value is -2.29. The van der Waals surface area contributed by atoms with Gasteiger partial charge in [0, 0.05) is 5.56 Å². The van der Waals surface area contributed by atoms with E-state index in [-0.39, 0.29) is 5.91 Å². The molecule has 122 valence electrons. The SMILES string of the molecule is CCCc1ccc(OCCNC(=O)c2ccc(C)c(C)c2)cc1. The van der Waals surface area contributed by atoms with Crippen molar-refractivity contribution in [3.63, 3.8) is 0 Å². The summed E-state index contributed by atoms with van der Waals surface area (Å²) in [6, 6.07) is 13.9. The van der Waals surface area contributed by atoms with Crippen LogP contribution in [0.25, 0.3) is 0 Å². The van der Waals surface area contributed by atoms with Crippen LogP contribution in [0, 0.1) is 13.8 Å². The second kappa shape index (κ2) is 8.37. The van der Waals surface area contributed by atoms with Gasteiger partial charge < -0.3 is 10.1 Å². The quantitative estimate of drug-likeness (QED) is 0.783. The van der Waals surface area contributed by atoms with Gasteiger partial charge in [0.25, 0.3) is 5.91 Å². The fourth-order valence-electron chi connectivity index (χ4n) is 2.36. The second-order valence-electron chi connectivity index (χ2n) is 5.80. The molecule has 3 heteroatoms. The van der Waals surface area contributed by atoms with Gasteiger partial charge in [0.05, 0.1) is 6.54 Å². The van der Waals surface area contributed by atoms with E-state index < -0.39 is 0 Å². The highest BCUT2D eigenvalue weighted by Crippen LogP contribution is 2.13. The molecule has 1 amide bonds. The van der Waals surface area contributed by atoms with E-state index in [0.717, 1.165) is 24.2 Å². The zero-order chi connectivity index (χ0) is 16.7. The molecule has 0 spiro atoms. The molecule has 0 fully saturated rings. The summed E-state index contributed by atoms with van der Waals surface area (Å²) in [4.78, 5) is 12.1. The summed E-state index contributed by atoms with van der Waals surface area (Å²) < 4.78 is 5.65. The van der Waals surface area contributed by atoms with Crippen molar-refractivity contribution in [3.8, 4) is 5.75 Å². The number of carbonyl (C=O) groups is 1. The number of carbonyl (C=O) groups excluding carboxylic acids is 1. The van der Waals surface area contributed by atoms with E-state index in [9.17, 15) is 4.79 Å². The first kappa shape index (κ1) is 17.1. The van der Waals surface area contributed by atoms with E-state index >= 15 is 0 Å². The van der Waals surface area contributed by atoms with Gasteiger partial charge in [0.2, 0.25) is 0 Å². The molecule has 0 bridgehead atoms. The number of benzene rings is 2. The van der Waals surface area contributed by atoms with Crippen LogP contribution in [-0.4, -0.2) is 19.1 Å². The van der Waals surface area contributed by atoms with Crippen LogP contribution < -0.4 is 10.1 Å². The molecule has 23 heavy (non-hydrogen) atoms. The maximum absolute atomic E-state index is 12.1. The predicted molar refractivity (Wildman–Crippen MR) is 94.2 cm³/mol. The van der Waals surface area contributed by atoms with Crippen molar-refractivity contribution < 1.29 is 9.53 Å². The molecule has 0 atom stereocenters. The van der Waals surface area contributed by atoms with Crippen molar-refractivity contribution in [1.82, 2.24) is 5.32 Å². The first-order valence-electron chi connectivity index (χ1n) is 8.17. The second-order valence-corrected chi connectivity index (χ2v) is 5.80. The summed E-state index contributed by atoms with van der Waals surface area (Å²) in [5.74, 6) is 0.778.